The van der Waals surface area contributed by atoms with E-state index in [-0.39, 0.29) is 5.78 Å². The minimum absolute atomic E-state index is 0.0993. The fourth-order valence-corrected chi connectivity index (χ4v) is 2.81. The van der Waals surface area contributed by atoms with Crippen LogP contribution in [0, 0.1) is 11.8 Å². The number of carbonyl (C=O) groups excluding carboxylic acids is 3. The van der Waals surface area contributed by atoms with Gasteiger partial charge in [0, 0.05) is 6.42 Å². The number of esters is 2. The highest BCUT2D eigenvalue weighted by Crippen LogP contribution is 2.41. The van der Waals surface area contributed by atoms with Gasteiger partial charge in [-0.05, 0) is 24.8 Å². The van der Waals surface area contributed by atoms with E-state index in [4.69, 9.17) is 9.47 Å². The monoisotopic (exact) mass is 252 g/mol. The fraction of sp³-hybridized carbons (Fsp3) is 0.615. The molecule has 2 rings (SSSR count). The number of hydrogen-bond acceptors (Lipinski definition) is 5. The van der Waals surface area contributed by atoms with E-state index in [0.717, 1.165) is 11.1 Å². The maximum atomic E-state index is 11.7. The van der Waals surface area contributed by atoms with Gasteiger partial charge in [-0.1, -0.05) is 5.57 Å². The Morgan fingerprint density at radius 2 is 1.56 bits per heavy atom. The molecule has 0 aromatic rings. The Bertz CT molecular complexity index is 435. The predicted molar refractivity (Wildman–Crippen MR) is 61.5 cm³/mol. The number of ketones is 1. The quantitative estimate of drug-likeness (QED) is 0.686. The van der Waals surface area contributed by atoms with Crippen LogP contribution in [0.15, 0.2) is 11.1 Å². The van der Waals surface area contributed by atoms with Crippen molar-refractivity contribution in [2.24, 2.45) is 11.8 Å². The molecule has 0 aliphatic heterocycles. The first-order valence-corrected chi connectivity index (χ1v) is 5.98. The van der Waals surface area contributed by atoms with Gasteiger partial charge in [0.1, 0.15) is 0 Å². The van der Waals surface area contributed by atoms with Crippen molar-refractivity contribution >= 4 is 17.7 Å². The van der Waals surface area contributed by atoms with Crippen molar-refractivity contribution in [2.75, 3.05) is 14.2 Å². The van der Waals surface area contributed by atoms with E-state index < -0.39 is 23.8 Å². The first kappa shape index (κ1) is 12.8. The SMILES string of the molecule is COC(=O)[C@@H]1CC2=C(C[C@H]1C(=O)OC)C(=O)CC2. The molecule has 0 amide bonds. The largest absolute Gasteiger partial charge is 0.469 e. The van der Waals surface area contributed by atoms with Crippen LogP contribution in [-0.2, 0) is 23.9 Å². The van der Waals surface area contributed by atoms with Crippen molar-refractivity contribution in [2.45, 2.75) is 25.7 Å². The summed E-state index contributed by atoms with van der Waals surface area (Å²) in [4.78, 5) is 35.1. The molecule has 2 aliphatic carbocycles. The van der Waals surface area contributed by atoms with E-state index in [9.17, 15) is 14.4 Å². The lowest BCUT2D eigenvalue weighted by Crippen LogP contribution is -2.35. The van der Waals surface area contributed by atoms with Gasteiger partial charge in [0.2, 0.25) is 0 Å². The lowest BCUT2D eigenvalue weighted by atomic mass is 9.76. The molecular weight excluding hydrogens is 236 g/mol. The van der Waals surface area contributed by atoms with Crippen LogP contribution in [0.25, 0.3) is 0 Å². The summed E-state index contributed by atoms with van der Waals surface area (Å²) < 4.78 is 9.45. The van der Waals surface area contributed by atoms with E-state index in [0.29, 0.717) is 25.7 Å². The first-order chi connectivity index (χ1) is 8.58. The molecule has 0 aromatic heterocycles. The zero-order valence-corrected chi connectivity index (χ0v) is 10.5. The van der Waals surface area contributed by atoms with Crippen molar-refractivity contribution in [1.82, 2.24) is 0 Å². The van der Waals surface area contributed by atoms with Crippen LogP contribution in [0.3, 0.4) is 0 Å². The molecule has 5 nitrogen and oxygen atoms in total. The van der Waals surface area contributed by atoms with Gasteiger partial charge in [0.05, 0.1) is 26.1 Å². The zero-order valence-electron chi connectivity index (χ0n) is 10.5. The van der Waals surface area contributed by atoms with Gasteiger partial charge in [-0.2, -0.15) is 0 Å². The van der Waals surface area contributed by atoms with E-state index >= 15 is 0 Å². The minimum Gasteiger partial charge on any atom is -0.469 e. The highest BCUT2D eigenvalue weighted by atomic mass is 16.5. The summed E-state index contributed by atoms with van der Waals surface area (Å²) in [5.74, 6) is -1.87. The third kappa shape index (κ3) is 2.05. The van der Waals surface area contributed by atoms with Gasteiger partial charge in [0.25, 0.3) is 0 Å². The number of Topliss-reactive ketones (excluding diaryl/α,β-unsaturated/α-hetero) is 1. The summed E-state index contributed by atoms with van der Waals surface area (Å²) in [5.41, 5.74) is 1.74. The Balaban J connectivity index is 2.29. The van der Waals surface area contributed by atoms with Gasteiger partial charge >= 0.3 is 11.9 Å². The van der Waals surface area contributed by atoms with Crippen LogP contribution in [0.5, 0.6) is 0 Å². The molecule has 0 bridgehead atoms. The highest BCUT2D eigenvalue weighted by Gasteiger charge is 2.43. The van der Waals surface area contributed by atoms with Gasteiger partial charge in [-0.15, -0.1) is 0 Å². The summed E-state index contributed by atoms with van der Waals surface area (Å²) in [5, 5.41) is 0. The molecular formula is C13H16O5. The number of carbonyl (C=O) groups is 3. The average molecular weight is 252 g/mol. The van der Waals surface area contributed by atoms with Crippen LogP contribution in [0.2, 0.25) is 0 Å². The standard InChI is InChI=1S/C13H16O5/c1-17-12(15)9-5-7-3-4-11(14)8(7)6-10(9)13(16)18-2/h9-10H,3-6H2,1-2H3/t9-,10-/m1/s1. The summed E-state index contributed by atoms with van der Waals surface area (Å²) in [6, 6.07) is 0. The molecule has 0 aromatic carbocycles. The molecule has 0 heterocycles. The lowest BCUT2D eigenvalue weighted by Gasteiger charge is -2.28. The molecule has 0 fully saturated rings. The number of allylic oxidation sites excluding steroid dienone is 2. The lowest BCUT2D eigenvalue weighted by molar-refractivity contribution is -0.158. The molecule has 0 radical (unpaired) electrons. The summed E-state index contributed by atoms with van der Waals surface area (Å²) in [6.45, 7) is 0. The second-order valence-corrected chi connectivity index (χ2v) is 4.67. The second kappa shape index (κ2) is 4.92. The van der Waals surface area contributed by atoms with Gasteiger partial charge in [-0.3, -0.25) is 14.4 Å². The number of methoxy groups -OCH3 is 2. The molecule has 2 atom stereocenters. The highest BCUT2D eigenvalue weighted by molar-refractivity contribution is 6.00. The third-order valence-electron chi connectivity index (χ3n) is 3.80. The van der Waals surface area contributed by atoms with Crippen LogP contribution < -0.4 is 0 Å². The number of hydrogen-bond donors (Lipinski definition) is 0. The molecule has 0 N–H and O–H groups in total. The van der Waals surface area contributed by atoms with Gasteiger partial charge in [0.15, 0.2) is 5.78 Å². The van der Waals surface area contributed by atoms with E-state index in [1.54, 1.807) is 0 Å². The normalized spacial score (nSPS) is 26.9. The molecule has 0 saturated heterocycles. The van der Waals surface area contributed by atoms with Gasteiger partial charge in [-0.25, -0.2) is 0 Å². The molecule has 18 heavy (non-hydrogen) atoms. The molecule has 0 spiro atoms. The Hall–Kier alpha value is -1.65. The van der Waals surface area contributed by atoms with Crippen LogP contribution in [-0.4, -0.2) is 31.9 Å². The molecule has 5 heteroatoms. The zero-order chi connectivity index (χ0) is 13.3. The van der Waals surface area contributed by atoms with Gasteiger partial charge < -0.3 is 9.47 Å². The molecule has 0 unspecified atom stereocenters. The summed E-state index contributed by atoms with van der Waals surface area (Å²) >= 11 is 0. The van der Waals surface area contributed by atoms with Crippen LogP contribution >= 0.6 is 0 Å². The Labute approximate surface area is 105 Å². The molecule has 2 aliphatic rings. The van der Waals surface area contributed by atoms with Crippen molar-refractivity contribution in [3.8, 4) is 0 Å². The minimum atomic E-state index is -0.594. The van der Waals surface area contributed by atoms with Crippen molar-refractivity contribution in [3.05, 3.63) is 11.1 Å². The van der Waals surface area contributed by atoms with Crippen molar-refractivity contribution in [3.63, 3.8) is 0 Å². The maximum absolute atomic E-state index is 11.7. The molecule has 0 saturated carbocycles. The average Bonchev–Trinajstić information content (AvgIpc) is 2.76. The van der Waals surface area contributed by atoms with Crippen molar-refractivity contribution in [1.29, 1.82) is 0 Å². The number of ether oxygens (including phenoxy) is 2. The molecule has 98 valence electrons. The number of rotatable bonds is 2. The topological polar surface area (TPSA) is 69.7 Å². The smallest absolute Gasteiger partial charge is 0.309 e. The fourth-order valence-electron chi connectivity index (χ4n) is 2.81. The Kier molecular flexibility index (Phi) is 3.50. The summed E-state index contributed by atoms with van der Waals surface area (Å²) in [6.07, 6.45) is 1.94. The Morgan fingerprint density at radius 3 is 2.11 bits per heavy atom. The van der Waals surface area contributed by atoms with E-state index in [2.05, 4.69) is 0 Å². The second-order valence-electron chi connectivity index (χ2n) is 4.67. The van der Waals surface area contributed by atoms with E-state index in [1.807, 2.05) is 0 Å². The Morgan fingerprint density at radius 1 is 1.00 bits per heavy atom. The summed E-state index contributed by atoms with van der Waals surface area (Å²) in [7, 11) is 2.59. The first-order valence-electron chi connectivity index (χ1n) is 5.98. The van der Waals surface area contributed by atoms with Crippen LogP contribution in [0.1, 0.15) is 25.7 Å². The van der Waals surface area contributed by atoms with E-state index in [1.165, 1.54) is 14.2 Å². The van der Waals surface area contributed by atoms with Crippen LogP contribution in [0.4, 0.5) is 0 Å². The maximum Gasteiger partial charge on any atom is 0.309 e. The van der Waals surface area contributed by atoms with Crippen molar-refractivity contribution < 1.29 is 23.9 Å². The third-order valence-corrected chi connectivity index (χ3v) is 3.80. The predicted octanol–water partition coefficient (Wildman–Crippen LogP) is 1.02.